The van der Waals surface area contributed by atoms with E-state index < -0.39 is 28.5 Å². The van der Waals surface area contributed by atoms with Crippen LogP contribution in [0.4, 0.5) is 5.69 Å². The quantitative estimate of drug-likeness (QED) is 0.511. The maximum Gasteiger partial charge on any atom is 0.244 e. The van der Waals surface area contributed by atoms with E-state index in [0.29, 0.717) is 31.3 Å². The molecule has 0 spiro atoms. The molecule has 1 atom stereocenters. The van der Waals surface area contributed by atoms with Gasteiger partial charge in [0, 0.05) is 23.6 Å². The lowest BCUT2D eigenvalue weighted by atomic mass is 10.1. The number of carbonyl (C=O) groups is 2. The molecule has 0 aliphatic carbocycles. The number of hydrogen-bond donors (Lipinski definition) is 1. The standard InChI is InChI=1S/C23H28BrN3O6S/c1-4-25-23(29)16(2)26(14-17-5-7-18(24)8-6-17)22(28)15-27(34(3,30)31)19-9-10-20-21(13-19)33-12-11-32-20/h5-10,13,16H,4,11-12,14-15H2,1-3H3,(H,25,29). The summed E-state index contributed by atoms with van der Waals surface area (Å²) in [6.45, 7) is 4.25. The summed E-state index contributed by atoms with van der Waals surface area (Å²) in [5.74, 6) is 0.0870. The van der Waals surface area contributed by atoms with Crippen LogP contribution < -0.4 is 19.1 Å². The molecular formula is C23H28BrN3O6S. The largest absolute Gasteiger partial charge is 0.486 e. The van der Waals surface area contributed by atoms with Crippen LogP contribution in [0.15, 0.2) is 46.9 Å². The molecule has 0 aromatic heterocycles. The van der Waals surface area contributed by atoms with Crippen molar-refractivity contribution in [3.63, 3.8) is 0 Å². The predicted molar refractivity (Wildman–Crippen MR) is 132 cm³/mol. The van der Waals surface area contributed by atoms with Crippen LogP contribution >= 0.6 is 15.9 Å². The van der Waals surface area contributed by atoms with Gasteiger partial charge in [0.25, 0.3) is 0 Å². The Hall–Kier alpha value is -2.79. The first-order valence-electron chi connectivity index (χ1n) is 10.8. The Labute approximate surface area is 208 Å². The van der Waals surface area contributed by atoms with E-state index in [4.69, 9.17) is 9.47 Å². The number of halogens is 1. The highest BCUT2D eigenvalue weighted by atomic mass is 79.9. The van der Waals surface area contributed by atoms with Crippen LogP contribution in [-0.2, 0) is 26.2 Å². The third kappa shape index (κ3) is 6.41. The van der Waals surface area contributed by atoms with Crippen LogP contribution in [0.25, 0.3) is 0 Å². The molecule has 0 fully saturated rings. The van der Waals surface area contributed by atoms with Crippen LogP contribution in [-0.4, -0.2) is 63.7 Å². The highest BCUT2D eigenvalue weighted by Crippen LogP contribution is 2.34. The molecule has 34 heavy (non-hydrogen) atoms. The second-order valence-corrected chi connectivity index (χ2v) is 10.6. The van der Waals surface area contributed by atoms with Crippen molar-refractivity contribution in [3.05, 3.63) is 52.5 Å². The Morgan fingerprint density at radius 2 is 1.74 bits per heavy atom. The fraction of sp³-hybridized carbons (Fsp3) is 0.391. The summed E-state index contributed by atoms with van der Waals surface area (Å²) in [7, 11) is -3.83. The van der Waals surface area contributed by atoms with Gasteiger partial charge < -0.3 is 19.7 Å². The zero-order chi connectivity index (χ0) is 24.9. The minimum absolute atomic E-state index is 0.142. The highest BCUT2D eigenvalue weighted by Gasteiger charge is 2.30. The van der Waals surface area contributed by atoms with Crippen LogP contribution in [0.2, 0.25) is 0 Å². The molecule has 1 N–H and O–H groups in total. The maximum absolute atomic E-state index is 13.5. The average Bonchev–Trinajstić information content (AvgIpc) is 2.80. The monoisotopic (exact) mass is 553 g/mol. The van der Waals surface area contributed by atoms with Crippen LogP contribution in [0.5, 0.6) is 11.5 Å². The van der Waals surface area contributed by atoms with E-state index in [2.05, 4.69) is 21.2 Å². The minimum atomic E-state index is -3.83. The maximum atomic E-state index is 13.5. The molecule has 1 aliphatic rings. The molecule has 1 heterocycles. The van der Waals surface area contributed by atoms with Gasteiger partial charge in [-0.2, -0.15) is 0 Å². The molecule has 2 aromatic carbocycles. The Bertz CT molecular complexity index is 1140. The third-order valence-corrected chi connectivity index (χ3v) is 6.95. The second kappa shape index (κ2) is 11.1. The number of rotatable bonds is 9. The molecular weight excluding hydrogens is 526 g/mol. The summed E-state index contributed by atoms with van der Waals surface area (Å²) in [6, 6.07) is 11.3. The van der Waals surface area contributed by atoms with Crippen molar-refractivity contribution < 1.29 is 27.5 Å². The van der Waals surface area contributed by atoms with Gasteiger partial charge in [0.05, 0.1) is 11.9 Å². The van der Waals surface area contributed by atoms with Crippen molar-refractivity contribution in [2.24, 2.45) is 0 Å². The van der Waals surface area contributed by atoms with Gasteiger partial charge in [-0.15, -0.1) is 0 Å². The number of benzene rings is 2. The summed E-state index contributed by atoms with van der Waals surface area (Å²) in [5, 5.41) is 2.72. The van der Waals surface area contributed by atoms with Crippen molar-refractivity contribution in [3.8, 4) is 11.5 Å². The van der Waals surface area contributed by atoms with E-state index in [0.717, 1.165) is 20.6 Å². The smallest absolute Gasteiger partial charge is 0.244 e. The Morgan fingerprint density at radius 1 is 1.09 bits per heavy atom. The van der Waals surface area contributed by atoms with Gasteiger partial charge in [0.15, 0.2) is 11.5 Å². The Kier molecular flexibility index (Phi) is 8.42. The van der Waals surface area contributed by atoms with Crippen molar-refractivity contribution >= 4 is 43.5 Å². The molecule has 1 unspecified atom stereocenters. The number of carbonyl (C=O) groups excluding carboxylic acids is 2. The molecule has 0 saturated heterocycles. The van der Waals surface area contributed by atoms with Crippen molar-refractivity contribution in [1.82, 2.24) is 10.2 Å². The summed E-state index contributed by atoms with van der Waals surface area (Å²) >= 11 is 3.38. The summed E-state index contributed by atoms with van der Waals surface area (Å²) < 4.78 is 38.3. The van der Waals surface area contributed by atoms with Gasteiger partial charge in [-0.25, -0.2) is 8.42 Å². The van der Waals surface area contributed by atoms with Crippen molar-refractivity contribution in [1.29, 1.82) is 0 Å². The summed E-state index contributed by atoms with van der Waals surface area (Å²) in [4.78, 5) is 27.4. The normalized spacial score (nSPS) is 13.6. The third-order valence-electron chi connectivity index (χ3n) is 5.28. The molecule has 184 valence electrons. The summed E-state index contributed by atoms with van der Waals surface area (Å²) in [5.41, 5.74) is 1.08. The molecule has 0 saturated carbocycles. The topological polar surface area (TPSA) is 105 Å². The van der Waals surface area contributed by atoms with E-state index in [1.165, 1.54) is 11.0 Å². The van der Waals surface area contributed by atoms with E-state index in [1.54, 1.807) is 26.0 Å². The number of anilines is 1. The number of likely N-dealkylation sites (N-methyl/N-ethyl adjacent to an activating group) is 1. The van der Waals surface area contributed by atoms with Gasteiger partial charge in [-0.3, -0.25) is 13.9 Å². The predicted octanol–water partition coefficient (Wildman–Crippen LogP) is 2.54. The van der Waals surface area contributed by atoms with Crippen LogP contribution in [0, 0.1) is 0 Å². The summed E-state index contributed by atoms with van der Waals surface area (Å²) in [6.07, 6.45) is 1.03. The van der Waals surface area contributed by atoms with E-state index in [-0.39, 0.29) is 18.1 Å². The molecule has 11 heteroatoms. The lowest BCUT2D eigenvalue weighted by molar-refractivity contribution is -0.139. The lowest BCUT2D eigenvalue weighted by Crippen LogP contribution is -2.51. The molecule has 0 radical (unpaired) electrons. The van der Waals surface area contributed by atoms with Gasteiger partial charge in [-0.1, -0.05) is 28.1 Å². The first kappa shape index (κ1) is 25.8. The van der Waals surface area contributed by atoms with E-state index in [1.807, 2.05) is 24.3 Å². The fourth-order valence-corrected chi connectivity index (χ4v) is 4.60. The molecule has 2 aromatic rings. The van der Waals surface area contributed by atoms with E-state index >= 15 is 0 Å². The second-order valence-electron chi connectivity index (χ2n) is 7.82. The molecule has 1 aliphatic heterocycles. The first-order chi connectivity index (χ1) is 16.1. The Balaban J connectivity index is 1.91. The van der Waals surface area contributed by atoms with E-state index in [9.17, 15) is 18.0 Å². The lowest BCUT2D eigenvalue weighted by Gasteiger charge is -2.31. The number of amides is 2. The number of nitrogens with one attached hydrogen (secondary N) is 1. The van der Waals surface area contributed by atoms with Gasteiger partial charge in [-0.05, 0) is 43.7 Å². The zero-order valence-electron chi connectivity index (χ0n) is 19.3. The number of nitrogens with zero attached hydrogens (tertiary/aromatic N) is 2. The minimum Gasteiger partial charge on any atom is -0.486 e. The van der Waals surface area contributed by atoms with Crippen LogP contribution in [0.3, 0.4) is 0 Å². The molecule has 9 nitrogen and oxygen atoms in total. The van der Waals surface area contributed by atoms with Crippen molar-refractivity contribution in [2.75, 3.05) is 36.9 Å². The Morgan fingerprint density at radius 3 is 2.35 bits per heavy atom. The first-order valence-corrected chi connectivity index (χ1v) is 13.4. The zero-order valence-corrected chi connectivity index (χ0v) is 21.7. The molecule has 2 amide bonds. The fourth-order valence-electron chi connectivity index (χ4n) is 3.49. The van der Waals surface area contributed by atoms with Gasteiger partial charge in [0.2, 0.25) is 21.8 Å². The van der Waals surface area contributed by atoms with Gasteiger partial charge in [0.1, 0.15) is 25.8 Å². The molecule has 0 bridgehead atoms. The van der Waals surface area contributed by atoms with Crippen molar-refractivity contribution in [2.45, 2.75) is 26.4 Å². The number of ether oxygens (including phenoxy) is 2. The number of sulfonamides is 1. The molecule has 3 rings (SSSR count). The van der Waals surface area contributed by atoms with Gasteiger partial charge >= 0.3 is 0 Å². The SMILES string of the molecule is CCNC(=O)C(C)N(Cc1ccc(Br)cc1)C(=O)CN(c1ccc2c(c1)OCCO2)S(C)(=O)=O. The average molecular weight is 554 g/mol. The highest BCUT2D eigenvalue weighted by molar-refractivity contribution is 9.10. The number of hydrogen-bond acceptors (Lipinski definition) is 6. The number of fused-ring (bicyclic) bond motifs is 1. The van der Waals surface area contributed by atoms with Crippen LogP contribution in [0.1, 0.15) is 19.4 Å².